The molecule has 7 heteroatoms. The second-order valence-electron chi connectivity index (χ2n) is 6.47. The lowest BCUT2D eigenvalue weighted by Gasteiger charge is -2.04. The summed E-state index contributed by atoms with van der Waals surface area (Å²) in [6.45, 7) is 4.48. The fourth-order valence-corrected chi connectivity index (χ4v) is 3.48. The first-order valence-corrected chi connectivity index (χ1v) is 9.25. The first kappa shape index (κ1) is 18.1. The zero-order valence-electron chi connectivity index (χ0n) is 14.7. The lowest BCUT2D eigenvalue weighted by molar-refractivity contribution is 0.0465. The Kier molecular flexibility index (Phi) is 5.37. The molecule has 1 N–H and O–H groups in total. The van der Waals surface area contributed by atoms with Crippen molar-refractivity contribution in [2.45, 2.75) is 26.8 Å². The second kappa shape index (κ2) is 7.70. The van der Waals surface area contributed by atoms with Gasteiger partial charge in [0.25, 0.3) is 5.56 Å². The highest BCUT2D eigenvalue weighted by Crippen LogP contribution is 2.21. The van der Waals surface area contributed by atoms with E-state index in [1.807, 2.05) is 44.2 Å². The van der Waals surface area contributed by atoms with E-state index in [9.17, 15) is 14.4 Å². The Hall–Kier alpha value is -2.67. The van der Waals surface area contributed by atoms with Crippen LogP contribution in [0.3, 0.4) is 0 Å². The van der Waals surface area contributed by atoms with Crippen LogP contribution in [0, 0.1) is 5.92 Å². The highest BCUT2D eigenvalue weighted by atomic mass is 32.1. The van der Waals surface area contributed by atoms with Crippen molar-refractivity contribution in [1.29, 1.82) is 0 Å². The number of rotatable bonds is 6. The summed E-state index contributed by atoms with van der Waals surface area (Å²) in [5.41, 5.74) is 0.184. The van der Waals surface area contributed by atoms with Crippen LogP contribution in [-0.2, 0) is 17.7 Å². The van der Waals surface area contributed by atoms with Gasteiger partial charge in [0.1, 0.15) is 9.71 Å². The summed E-state index contributed by atoms with van der Waals surface area (Å²) in [5, 5.41) is 0.333. The summed E-state index contributed by atoms with van der Waals surface area (Å²) in [6.07, 6.45) is 0.572. The molecule has 2 heterocycles. The van der Waals surface area contributed by atoms with E-state index in [0.717, 1.165) is 16.9 Å². The van der Waals surface area contributed by atoms with Crippen LogP contribution in [0.2, 0.25) is 0 Å². The minimum Gasteiger partial charge on any atom is -0.461 e. The number of ether oxygens (including phenoxy) is 1. The highest BCUT2D eigenvalue weighted by Gasteiger charge is 2.16. The van der Waals surface area contributed by atoms with E-state index < -0.39 is 11.7 Å². The average Bonchev–Trinajstić information content (AvgIpc) is 3.04. The van der Waals surface area contributed by atoms with Gasteiger partial charge in [-0.3, -0.25) is 14.3 Å². The van der Waals surface area contributed by atoms with Gasteiger partial charge in [0.05, 0.1) is 12.0 Å². The van der Waals surface area contributed by atoms with Crippen LogP contribution in [0.25, 0.3) is 10.2 Å². The van der Waals surface area contributed by atoms with E-state index in [-0.39, 0.29) is 18.0 Å². The molecule has 0 fully saturated rings. The largest absolute Gasteiger partial charge is 0.461 e. The number of nitrogens with zero attached hydrogens (tertiary/aromatic N) is 1. The van der Waals surface area contributed by atoms with Crippen LogP contribution in [0.4, 0.5) is 0 Å². The summed E-state index contributed by atoms with van der Waals surface area (Å²) in [7, 11) is 0. The van der Waals surface area contributed by atoms with Crippen LogP contribution in [0.5, 0.6) is 0 Å². The van der Waals surface area contributed by atoms with E-state index >= 15 is 0 Å². The van der Waals surface area contributed by atoms with Gasteiger partial charge in [0.15, 0.2) is 0 Å². The molecule has 0 amide bonds. The first-order chi connectivity index (χ1) is 12.5. The number of aromatic nitrogens is 2. The number of hydrogen-bond donors (Lipinski definition) is 1. The quantitative estimate of drug-likeness (QED) is 0.675. The number of carbonyl (C=O) groups is 1. The third-order valence-electron chi connectivity index (χ3n) is 3.89. The molecule has 0 aliphatic carbocycles. The van der Waals surface area contributed by atoms with Crippen LogP contribution in [-0.4, -0.2) is 22.1 Å². The molecule has 2 aromatic heterocycles. The molecule has 0 aliphatic rings. The number of thiophene rings is 1. The van der Waals surface area contributed by atoms with Gasteiger partial charge in [0, 0.05) is 6.54 Å². The van der Waals surface area contributed by atoms with E-state index in [1.54, 1.807) is 0 Å². The molecule has 3 aromatic rings. The Morgan fingerprint density at radius 3 is 2.65 bits per heavy atom. The molecule has 0 bridgehead atoms. The minimum absolute atomic E-state index is 0.225. The summed E-state index contributed by atoms with van der Waals surface area (Å²) in [4.78, 5) is 40.4. The Morgan fingerprint density at radius 1 is 1.23 bits per heavy atom. The van der Waals surface area contributed by atoms with Crippen LogP contribution < -0.4 is 11.2 Å². The van der Waals surface area contributed by atoms with Gasteiger partial charge in [-0.2, -0.15) is 0 Å². The molecule has 136 valence electrons. The van der Waals surface area contributed by atoms with Gasteiger partial charge < -0.3 is 4.74 Å². The zero-order valence-corrected chi connectivity index (χ0v) is 15.5. The van der Waals surface area contributed by atoms with Crippen LogP contribution in [0.15, 0.2) is 46.0 Å². The summed E-state index contributed by atoms with van der Waals surface area (Å²) >= 11 is 1.07. The predicted octanol–water partition coefficient (Wildman–Crippen LogP) is 2.81. The number of aryl methyl sites for hydroxylation is 1. The van der Waals surface area contributed by atoms with Gasteiger partial charge in [0.2, 0.25) is 0 Å². The maximum Gasteiger partial charge on any atom is 0.348 e. The van der Waals surface area contributed by atoms with E-state index in [0.29, 0.717) is 28.1 Å². The van der Waals surface area contributed by atoms with Crippen molar-refractivity contribution in [3.05, 3.63) is 67.7 Å². The molecule has 3 rings (SSSR count). The second-order valence-corrected chi connectivity index (χ2v) is 7.52. The van der Waals surface area contributed by atoms with Crippen molar-refractivity contribution in [1.82, 2.24) is 9.55 Å². The number of hydrogen-bond acceptors (Lipinski definition) is 5. The van der Waals surface area contributed by atoms with Gasteiger partial charge in [-0.15, -0.1) is 11.3 Å². The third kappa shape index (κ3) is 3.94. The van der Waals surface area contributed by atoms with Gasteiger partial charge in [-0.1, -0.05) is 44.2 Å². The molecule has 0 aliphatic heterocycles. The van der Waals surface area contributed by atoms with Crippen molar-refractivity contribution >= 4 is 27.5 Å². The van der Waals surface area contributed by atoms with E-state index in [1.165, 1.54) is 10.6 Å². The normalized spacial score (nSPS) is 11.2. The smallest absolute Gasteiger partial charge is 0.348 e. The van der Waals surface area contributed by atoms with Crippen molar-refractivity contribution in [2.24, 2.45) is 5.92 Å². The Bertz CT molecular complexity index is 1030. The monoisotopic (exact) mass is 372 g/mol. The summed E-state index contributed by atoms with van der Waals surface area (Å²) in [5.74, 6) is -0.251. The molecule has 6 nitrogen and oxygen atoms in total. The number of esters is 1. The van der Waals surface area contributed by atoms with Crippen molar-refractivity contribution in [3.8, 4) is 0 Å². The van der Waals surface area contributed by atoms with E-state index in [2.05, 4.69) is 4.98 Å². The van der Waals surface area contributed by atoms with Crippen molar-refractivity contribution in [2.75, 3.05) is 6.61 Å². The lowest BCUT2D eigenvalue weighted by Crippen LogP contribution is -2.35. The topological polar surface area (TPSA) is 81.2 Å². The van der Waals surface area contributed by atoms with E-state index in [4.69, 9.17) is 4.74 Å². The van der Waals surface area contributed by atoms with Gasteiger partial charge in [-0.05, 0) is 24.0 Å². The van der Waals surface area contributed by atoms with Gasteiger partial charge >= 0.3 is 11.7 Å². The number of H-pyrrole nitrogens is 1. The van der Waals surface area contributed by atoms with Crippen molar-refractivity contribution < 1.29 is 9.53 Å². The Morgan fingerprint density at radius 2 is 1.96 bits per heavy atom. The number of fused-ring (bicyclic) bond motifs is 1. The molecule has 0 saturated carbocycles. The molecular formula is C19H20N2O4S. The zero-order chi connectivity index (χ0) is 18.7. The van der Waals surface area contributed by atoms with Crippen LogP contribution in [0.1, 0.15) is 29.1 Å². The fraction of sp³-hybridized carbons (Fsp3) is 0.316. The maximum absolute atomic E-state index is 12.7. The third-order valence-corrected chi connectivity index (χ3v) is 4.92. The molecule has 0 spiro atoms. The summed E-state index contributed by atoms with van der Waals surface area (Å²) in [6, 6.07) is 11.1. The summed E-state index contributed by atoms with van der Waals surface area (Å²) < 4.78 is 6.37. The Labute approximate surface area is 154 Å². The van der Waals surface area contributed by atoms with Gasteiger partial charge in [-0.25, -0.2) is 9.59 Å². The first-order valence-electron chi connectivity index (χ1n) is 8.43. The standard InChI is InChI=1S/C19H20N2O4S/c1-12(2)11-25-18(23)15-10-14-16(26-15)20-19(24)21(17(14)22)9-8-13-6-4-3-5-7-13/h3-7,10,12H,8-9,11H2,1-2H3,(H,20,24). The highest BCUT2D eigenvalue weighted by molar-refractivity contribution is 7.20. The fourth-order valence-electron chi connectivity index (χ4n) is 2.55. The average molecular weight is 372 g/mol. The lowest BCUT2D eigenvalue weighted by atomic mass is 10.1. The molecule has 1 aromatic carbocycles. The molecule has 0 atom stereocenters. The maximum atomic E-state index is 12.7. The number of carbonyl (C=O) groups excluding carboxylic acids is 1. The molecule has 26 heavy (non-hydrogen) atoms. The number of aromatic amines is 1. The SMILES string of the molecule is CC(C)COC(=O)c1cc2c(=O)n(CCc3ccccc3)c(=O)[nH]c2s1. The van der Waals surface area contributed by atoms with Crippen LogP contribution >= 0.6 is 11.3 Å². The Balaban J connectivity index is 1.88. The number of benzene rings is 1. The van der Waals surface area contributed by atoms with Crippen molar-refractivity contribution in [3.63, 3.8) is 0 Å². The molecular weight excluding hydrogens is 352 g/mol. The molecule has 0 unspecified atom stereocenters. The molecule has 0 radical (unpaired) electrons. The molecule has 0 saturated heterocycles. The number of nitrogens with one attached hydrogen (secondary N) is 1. The predicted molar refractivity (Wildman–Crippen MR) is 102 cm³/mol. The minimum atomic E-state index is -0.476.